The summed E-state index contributed by atoms with van der Waals surface area (Å²) >= 11 is 0. The van der Waals surface area contributed by atoms with E-state index in [-0.39, 0.29) is 6.09 Å². The van der Waals surface area contributed by atoms with E-state index in [1.807, 2.05) is 20.8 Å². The average molecular weight is 335 g/mol. The van der Waals surface area contributed by atoms with Crippen molar-refractivity contribution in [1.82, 2.24) is 15.1 Å². The fourth-order valence-corrected chi connectivity index (χ4v) is 2.68. The van der Waals surface area contributed by atoms with E-state index in [0.29, 0.717) is 30.8 Å². The zero-order valence-electron chi connectivity index (χ0n) is 13.8. The summed E-state index contributed by atoms with van der Waals surface area (Å²) in [5.74, 6) is -1.80. The SMILES string of the molecule is CC(C)(C)OC(=O)N1CCc2c(-c3ccc(F)c(F)c3)n[nH]c2C1. The molecule has 2 aromatic rings. The normalized spacial score (nSPS) is 14.5. The Hall–Kier alpha value is -2.44. The Labute approximate surface area is 138 Å². The van der Waals surface area contributed by atoms with Gasteiger partial charge in [0.1, 0.15) is 5.60 Å². The predicted octanol–water partition coefficient (Wildman–Crippen LogP) is 3.65. The van der Waals surface area contributed by atoms with Crippen LogP contribution in [0.1, 0.15) is 32.0 Å². The molecule has 128 valence electrons. The third-order valence-corrected chi connectivity index (χ3v) is 3.78. The first-order chi connectivity index (χ1) is 11.2. The summed E-state index contributed by atoms with van der Waals surface area (Å²) in [6, 6.07) is 3.71. The lowest BCUT2D eigenvalue weighted by Crippen LogP contribution is -2.39. The number of aromatic amines is 1. The number of halogens is 2. The summed E-state index contributed by atoms with van der Waals surface area (Å²) in [6.45, 7) is 6.28. The van der Waals surface area contributed by atoms with E-state index >= 15 is 0 Å². The van der Waals surface area contributed by atoms with E-state index < -0.39 is 17.2 Å². The van der Waals surface area contributed by atoms with Crippen LogP contribution in [-0.4, -0.2) is 33.3 Å². The average Bonchev–Trinajstić information content (AvgIpc) is 2.91. The quantitative estimate of drug-likeness (QED) is 0.865. The Morgan fingerprint density at radius 1 is 1.29 bits per heavy atom. The highest BCUT2D eigenvalue weighted by atomic mass is 19.2. The van der Waals surface area contributed by atoms with Crippen LogP contribution in [0.2, 0.25) is 0 Å². The largest absolute Gasteiger partial charge is 0.444 e. The molecule has 0 saturated carbocycles. The van der Waals surface area contributed by atoms with Gasteiger partial charge in [-0.05, 0) is 45.4 Å². The zero-order valence-corrected chi connectivity index (χ0v) is 13.8. The van der Waals surface area contributed by atoms with Crippen LogP contribution in [0.5, 0.6) is 0 Å². The van der Waals surface area contributed by atoms with E-state index in [4.69, 9.17) is 4.74 Å². The van der Waals surface area contributed by atoms with Crippen molar-refractivity contribution in [3.05, 3.63) is 41.1 Å². The van der Waals surface area contributed by atoms with Crippen LogP contribution in [0, 0.1) is 11.6 Å². The van der Waals surface area contributed by atoms with E-state index in [1.54, 1.807) is 4.90 Å². The van der Waals surface area contributed by atoms with E-state index in [9.17, 15) is 13.6 Å². The fourth-order valence-electron chi connectivity index (χ4n) is 2.68. The van der Waals surface area contributed by atoms with Crippen molar-refractivity contribution in [2.75, 3.05) is 6.54 Å². The number of fused-ring (bicyclic) bond motifs is 1. The van der Waals surface area contributed by atoms with Crippen molar-refractivity contribution < 1.29 is 18.3 Å². The zero-order chi connectivity index (χ0) is 17.5. The number of hydrogen-bond acceptors (Lipinski definition) is 3. The number of carbonyl (C=O) groups excluding carboxylic acids is 1. The van der Waals surface area contributed by atoms with Crippen molar-refractivity contribution in [3.8, 4) is 11.3 Å². The topological polar surface area (TPSA) is 58.2 Å². The Morgan fingerprint density at radius 3 is 2.71 bits per heavy atom. The maximum absolute atomic E-state index is 13.4. The number of H-pyrrole nitrogens is 1. The van der Waals surface area contributed by atoms with Crippen molar-refractivity contribution >= 4 is 6.09 Å². The van der Waals surface area contributed by atoms with Gasteiger partial charge < -0.3 is 9.64 Å². The van der Waals surface area contributed by atoms with Gasteiger partial charge in [-0.15, -0.1) is 0 Å². The minimum absolute atomic E-state index is 0.348. The highest BCUT2D eigenvalue weighted by Gasteiger charge is 2.28. The van der Waals surface area contributed by atoms with Crippen LogP contribution >= 0.6 is 0 Å². The first-order valence-corrected chi connectivity index (χ1v) is 7.74. The molecule has 1 amide bonds. The van der Waals surface area contributed by atoms with Crippen LogP contribution in [0.15, 0.2) is 18.2 Å². The molecule has 1 aromatic heterocycles. The number of carbonyl (C=O) groups is 1. The second-order valence-corrected chi connectivity index (χ2v) is 6.81. The third-order valence-electron chi connectivity index (χ3n) is 3.78. The molecule has 0 bridgehead atoms. The number of aromatic nitrogens is 2. The van der Waals surface area contributed by atoms with Crippen LogP contribution < -0.4 is 0 Å². The lowest BCUT2D eigenvalue weighted by Gasteiger charge is -2.29. The number of benzene rings is 1. The summed E-state index contributed by atoms with van der Waals surface area (Å²) < 4.78 is 31.9. The molecule has 0 atom stereocenters. The molecule has 0 unspecified atom stereocenters. The summed E-state index contributed by atoms with van der Waals surface area (Å²) in [6.07, 6.45) is 0.191. The van der Waals surface area contributed by atoms with Crippen LogP contribution in [0.25, 0.3) is 11.3 Å². The number of hydrogen-bond donors (Lipinski definition) is 1. The molecule has 1 aliphatic rings. The molecule has 0 radical (unpaired) electrons. The van der Waals surface area contributed by atoms with E-state index in [0.717, 1.165) is 23.4 Å². The maximum Gasteiger partial charge on any atom is 0.410 e. The first kappa shape index (κ1) is 16.4. The number of rotatable bonds is 1. The van der Waals surface area contributed by atoms with Gasteiger partial charge in [0.25, 0.3) is 0 Å². The Kier molecular flexibility index (Phi) is 4.03. The first-order valence-electron chi connectivity index (χ1n) is 7.74. The molecule has 0 spiro atoms. The molecule has 3 rings (SSSR count). The van der Waals surface area contributed by atoms with E-state index in [1.165, 1.54) is 6.07 Å². The van der Waals surface area contributed by atoms with Crippen molar-refractivity contribution in [2.45, 2.75) is 39.3 Å². The van der Waals surface area contributed by atoms with Gasteiger partial charge in [0.05, 0.1) is 17.9 Å². The molecule has 1 aliphatic heterocycles. The second-order valence-electron chi connectivity index (χ2n) is 6.81. The highest BCUT2D eigenvalue weighted by Crippen LogP contribution is 2.29. The minimum atomic E-state index is -0.907. The Morgan fingerprint density at radius 2 is 2.04 bits per heavy atom. The highest BCUT2D eigenvalue weighted by molar-refractivity contribution is 5.70. The molecule has 1 aromatic carbocycles. The molecular formula is C17H19F2N3O2. The van der Waals surface area contributed by atoms with Gasteiger partial charge in [0, 0.05) is 17.7 Å². The summed E-state index contributed by atoms with van der Waals surface area (Å²) in [7, 11) is 0. The number of nitrogens with one attached hydrogen (secondary N) is 1. The maximum atomic E-state index is 13.4. The van der Waals surface area contributed by atoms with Gasteiger partial charge in [-0.25, -0.2) is 13.6 Å². The molecule has 5 nitrogen and oxygen atoms in total. The molecule has 7 heteroatoms. The van der Waals surface area contributed by atoms with Crippen LogP contribution in [-0.2, 0) is 17.7 Å². The van der Waals surface area contributed by atoms with Crippen LogP contribution in [0.3, 0.4) is 0 Å². The summed E-state index contributed by atoms with van der Waals surface area (Å²) in [4.78, 5) is 13.8. The molecule has 1 N–H and O–H groups in total. The summed E-state index contributed by atoms with van der Waals surface area (Å²) in [5, 5.41) is 7.11. The van der Waals surface area contributed by atoms with Gasteiger partial charge in [-0.3, -0.25) is 5.10 Å². The van der Waals surface area contributed by atoms with Gasteiger partial charge in [0.2, 0.25) is 0 Å². The molecule has 0 saturated heterocycles. The smallest absolute Gasteiger partial charge is 0.410 e. The number of ether oxygens (including phenoxy) is 1. The van der Waals surface area contributed by atoms with Gasteiger partial charge in [-0.2, -0.15) is 5.10 Å². The summed E-state index contributed by atoms with van der Waals surface area (Å²) in [5.41, 5.74) is 2.25. The van der Waals surface area contributed by atoms with Crippen molar-refractivity contribution in [1.29, 1.82) is 0 Å². The third kappa shape index (κ3) is 3.25. The van der Waals surface area contributed by atoms with Gasteiger partial charge in [-0.1, -0.05) is 0 Å². The van der Waals surface area contributed by atoms with Gasteiger partial charge in [0.15, 0.2) is 11.6 Å². The van der Waals surface area contributed by atoms with Crippen LogP contribution in [0.4, 0.5) is 13.6 Å². The lowest BCUT2D eigenvalue weighted by atomic mass is 10.00. The van der Waals surface area contributed by atoms with E-state index in [2.05, 4.69) is 10.2 Å². The fraction of sp³-hybridized carbons (Fsp3) is 0.412. The van der Waals surface area contributed by atoms with Gasteiger partial charge >= 0.3 is 6.09 Å². The minimum Gasteiger partial charge on any atom is -0.444 e. The monoisotopic (exact) mass is 335 g/mol. The number of nitrogens with zero attached hydrogens (tertiary/aromatic N) is 2. The second kappa shape index (κ2) is 5.89. The number of amides is 1. The standard InChI is InChI=1S/C17H19F2N3O2/c1-17(2,3)24-16(23)22-7-6-11-14(9-22)20-21-15(11)10-4-5-12(18)13(19)8-10/h4-5,8H,6-7,9H2,1-3H3,(H,20,21). The Bertz CT molecular complexity index is 781. The predicted molar refractivity (Wildman–Crippen MR) is 84.3 cm³/mol. The Balaban J connectivity index is 1.82. The molecule has 0 fully saturated rings. The molecular weight excluding hydrogens is 316 g/mol. The molecule has 2 heterocycles. The van der Waals surface area contributed by atoms with Crippen molar-refractivity contribution in [3.63, 3.8) is 0 Å². The van der Waals surface area contributed by atoms with Crippen molar-refractivity contribution in [2.24, 2.45) is 0 Å². The lowest BCUT2D eigenvalue weighted by molar-refractivity contribution is 0.0221. The molecule has 24 heavy (non-hydrogen) atoms. The molecule has 0 aliphatic carbocycles.